The standard InChI is InChI=1S/C60H62BrN3O9SSi/c1-44(65)63(74(69,70)53-37-35-51(36-38-53)64(67)68)42-56-58(46-31-33-50(61)34-32-46)57(43-71-60(47-21-11-6-12-22-47,48-23-13-7-14-24-48)49-25-15-8-16-26-49)62(56)41-52(73-45(2)66)39-40-72-75(59(3,4)5,54-27-17-9-18-28-54)55-29-19-10-20-30-55/h6-38,52,56-58H,39-43H2,1-5H3/t52-,56-,57+,58+/m0/s1. The Kier molecular flexibility index (Phi) is 17.1. The maximum absolute atomic E-state index is 14.7. The van der Waals surface area contributed by atoms with Gasteiger partial charge in [0.1, 0.15) is 11.7 Å². The summed E-state index contributed by atoms with van der Waals surface area (Å²) in [5.41, 5.74) is 2.11. The third kappa shape index (κ3) is 11.6. The van der Waals surface area contributed by atoms with Crippen LogP contribution < -0.4 is 10.4 Å². The Bertz CT molecular complexity index is 3000. The number of nitrogens with zero attached hydrogens (tertiary/aromatic N) is 3. The highest BCUT2D eigenvalue weighted by molar-refractivity contribution is 9.10. The van der Waals surface area contributed by atoms with Gasteiger partial charge >= 0.3 is 5.97 Å². The highest BCUT2D eigenvalue weighted by Crippen LogP contribution is 2.47. The van der Waals surface area contributed by atoms with Gasteiger partial charge in [0.15, 0.2) is 0 Å². The quantitative estimate of drug-likeness (QED) is 0.0224. The molecule has 4 atom stereocenters. The molecule has 1 saturated heterocycles. The van der Waals surface area contributed by atoms with Crippen molar-refractivity contribution in [3.05, 3.63) is 237 Å². The number of halogens is 1. The Morgan fingerprint density at radius 1 is 0.693 bits per heavy atom. The summed E-state index contributed by atoms with van der Waals surface area (Å²) in [4.78, 5) is 39.9. The third-order valence-corrected chi connectivity index (χ3v) is 21.6. The van der Waals surface area contributed by atoms with Crippen molar-refractivity contribution in [3.63, 3.8) is 0 Å². The summed E-state index contributed by atoms with van der Waals surface area (Å²) in [5.74, 6) is -1.69. The summed E-state index contributed by atoms with van der Waals surface area (Å²) >= 11 is 3.60. The number of rotatable bonds is 21. The summed E-state index contributed by atoms with van der Waals surface area (Å²) in [6.45, 7) is 9.29. The molecule has 0 aromatic heterocycles. The molecule has 0 spiro atoms. The summed E-state index contributed by atoms with van der Waals surface area (Å²) in [7, 11) is -7.59. The van der Waals surface area contributed by atoms with Crippen LogP contribution in [0.25, 0.3) is 0 Å². The topological polar surface area (TPSA) is 146 Å². The van der Waals surface area contributed by atoms with Crippen LogP contribution in [0.2, 0.25) is 5.04 Å². The van der Waals surface area contributed by atoms with E-state index in [0.717, 1.165) is 65.7 Å². The minimum Gasteiger partial charge on any atom is -0.461 e. The minimum atomic E-state index is -4.56. The molecule has 0 radical (unpaired) electrons. The van der Waals surface area contributed by atoms with Crippen LogP contribution in [0.3, 0.4) is 0 Å². The van der Waals surface area contributed by atoms with E-state index in [-0.39, 0.29) is 48.3 Å². The van der Waals surface area contributed by atoms with Crippen molar-refractivity contribution in [3.8, 4) is 0 Å². The van der Waals surface area contributed by atoms with Crippen molar-refractivity contribution >= 4 is 62.2 Å². The summed E-state index contributed by atoms with van der Waals surface area (Å²) < 4.78 is 52.1. The van der Waals surface area contributed by atoms with E-state index in [1.807, 2.05) is 152 Å². The molecular formula is C60H62BrN3O9SSi. The monoisotopic (exact) mass is 1110 g/mol. The molecule has 12 nitrogen and oxygen atoms in total. The first kappa shape index (κ1) is 54.7. The second kappa shape index (κ2) is 23.5. The lowest BCUT2D eigenvalue weighted by Crippen LogP contribution is -2.69. The van der Waals surface area contributed by atoms with E-state index in [1.54, 1.807) is 0 Å². The first-order chi connectivity index (χ1) is 36.0. The molecule has 8 rings (SSSR count). The Balaban J connectivity index is 1.24. The number of hydrogen-bond donors (Lipinski definition) is 0. The van der Waals surface area contributed by atoms with Gasteiger partial charge in [0, 0.05) is 68.0 Å². The lowest BCUT2D eigenvalue weighted by atomic mass is 9.74. The molecule has 1 heterocycles. The van der Waals surface area contributed by atoms with E-state index < -0.39 is 64.8 Å². The average molecular weight is 1110 g/mol. The van der Waals surface area contributed by atoms with Crippen molar-refractivity contribution in [2.45, 2.75) is 80.7 Å². The number of ether oxygens (including phenoxy) is 2. The largest absolute Gasteiger partial charge is 0.461 e. The molecule has 0 saturated carbocycles. The fraction of sp³-hybridized carbons (Fsp3) is 0.267. The fourth-order valence-electron chi connectivity index (χ4n) is 10.8. The highest BCUT2D eigenvalue weighted by Gasteiger charge is 2.54. The predicted octanol–water partition coefficient (Wildman–Crippen LogP) is 10.6. The molecule has 1 amide bonds. The van der Waals surface area contributed by atoms with Gasteiger partial charge in [0.2, 0.25) is 5.91 Å². The van der Waals surface area contributed by atoms with Crippen molar-refractivity contribution in [2.24, 2.45) is 0 Å². The number of benzene rings is 7. The second-order valence-electron chi connectivity index (χ2n) is 19.8. The van der Waals surface area contributed by atoms with E-state index in [1.165, 1.54) is 13.8 Å². The van der Waals surface area contributed by atoms with Crippen LogP contribution in [-0.4, -0.2) is 87.2 Å². The summed E-state index contributed by atoms with van der Waals surface area (Å²) in [5, 5.41) is 13.5. The number of sulfonamides is 1. The van der Waals surface area contributed by atoms with Crippen LogP contribution in [0.15, 0.2) is 210 Å². The van der Waals surface area contributed by atoms with Gasteiger partial charge in [0.05, 0.1) is 23.0 Å². The van der Waals surface area contributed by atoms with E-state index in [0.29, 0.717) is 0 Å². The van der Waals surface area contributed by atoms with E-state index in [9.17, 15) is 28.1 Å². The number of likely N-dealkylation sites (tertiary alicyclic amines) is 1. The molecule has 0 unspecified atom stereocenters. The van der Waals surface area contributed by atoms with Crippen molar-refractivity contribution in [2.75, 3.05) is 26.3 Å². The van der Waals surface area contributed by atoms with Crippen LogP contribution >= 0.6 is 15.9 Å². The molecule has 0 aliphatic carbocycles. The van der Waals surface area contributed by atoms with Crippen LogP contribution in [-0.2, 0) is 39.1 Å². The molecular weight excluding hydrogens is 1050 g/mol. The third-order valence-electron chi connectivity index (χ3n) is 14.2. The highest BCUT2D eigenvalue weighted by atomic mass is 79.9. The molecule has 0 bridgehead atoms. The maximum atomic E-state index is 14.7. The first-order valence-electron chi connectivity index (χ1n) is 25.0. The first-order valence-corrected chi connectivity index (χ1v) is 29.1. The number of esters is 1. The number of non-ortho nitro benzene ring substituents is 1. The molecule has 7 aromatic carbocycles. The van der Waals surface area contributed by atoms with E-state index in [2.05, 4.69) is 65.9 Å². The molecule has 1 fully saturated rings. The molecule has 1 aliphatic heterocycles. The zero-order valence-corrected chi connectivity index (χ0v) is 46.1. The number of carbonyl (C=O) groups is 2. The number of amides is 1. The summed E-state index contributed by atoms with van der Waals surface area (Å²) in [6, 6.07) is 61.8. The smallest absolute Gasteiger partial charge is 0.302 e. The molecule has 1 aliphatic rings. The summed E-state index contributed by atoms with van der Waals surface area (Å²) in [6.07, 6.45) is -0.487. The Morgan fingerprint density at radius 2 is 1.16 bits per heavy atom. The van der Waals surface area contributed by atoms with Gasteiger partial charge in [-0.05, 0) is 61.9 Å². The van der Waals surface area contributed by atoms with Crippen LogP contribution in [0.5, 0.6) is 0 Å². The zero-order chi connectivity index (χ0) is 53.4. The Labute approximate surface area is 449 Å². The number of carbonyl (C=O) groups excluding carboxylic acids is 2. The molecule has 388 valence electrons. The van der Waals surface area contributed by atoms with Crippen molar-refractivity contribution in [1.82, 2.24) is 9.21 Å². The fourth-order valence-corrected chi connectivity index (χ4v) is 17.1. The van der Waals surface area contributed by atoms with E-state index in [4.69, 9.17) is 13.9 Å². The van der Waals surface area contributed by atoms with Crippen LogP contribution in [0.1, 0.15) is 69.2 Å². The second-order valence-corrected chi connectivity index (χ2v) is 26.9. The molecule has 7 aromatic rings. The minimum absolute atomic E-state index is 0.0937. The van der Waals surface area contributed by atoms with Gasteiger partial charge in [-0.3, -0.25) is 24.6 Å². The van der Waals surface area contributed by atoms with Crippen molar-refractivity contribution < 1.29 is 36.8 Å². The van der Waals surface area contributed by atoms with Gasteiger partial charge in [-0.25, -0.2) is 12.7 Å². The normalized spacial score (nSPS) is 16.6. The average Bonchev–Trinajstić information content (AvgIpc) is 3.42. The van der Waals surface area contributed by atoms with Crippen LogP contribution in [0.4, 0.5) is 5.69 Å². The lowest BCUT2D eigenvalue weighted by molar-refractivity contribution is -0.384. The number of hydrogen-bond acceptors (Lipinski definition) is 10. The van der Waals surface area contributed by atoms with Gasteiger partial charge in [0.25, 0.3) is 24.0 Å². The number of nitro groups is 1. The van der Waals surface area contributed by atoms with Crippen LogP contribution in [0, 0.1) is 10.1 Å². The van der Waals surface area contributed by atoms with E-state index >= 15 is 0 Å². The Hall–Kier alpha value is -6.59. The van der Waals surface area contributed by atoms with Gasteiger partial charge in [-0.2, -0.15) is 0 Å². The SMILES string of the molecule is CC(=O)O[C@@H](CCO[Si](c1ccccc1)(c1ccccc1)C(C)(C)C)CN1[C@H](COC(c2ccccc2)(c2ccccc2)c2ccccc2)[C@H](c2ccc(Br)cc2)[C@@H]1CN(C(C)=O)S(=O)(=O)c1ccc([N+](=O)[O-])cc1. The lowest BCUT2D eigenvalue weighted by Gasteiger charge is -2.57. The molecule has 0 N–H and O–H groups in total. The molecule has 75 heavy (non-hydrogen) atoms. The number of nitro benzene ring substituents is 1. The van der Waals surface area contributed by atoms with Crippen molar-refractivity contribution in [1.29, 1.82) is 0 Å². The maximum Gasteiger partial charge on any atom is 0.302 e. The Morgan fingerprint density at radius 3 is 1.59 bits per heavy atom. The van der Waals surface area contributed by atoms with Gasteiger partial charge in [-0.1, -0.05) is 200 Å². The predicted molar refractivity (Wildman–Crippen MR) is 298 cm³/mol. The molecule has 15 heteroatoms. The van der Waals surface area contributed by atoms with Gasteiger partial charge in [-0.15, -0.1) is 0 Å². The van der Waals surface area contributed by atoms with Gasteiger partial charge < -0.3 is 13.9 Å². The zero-order valence-electron chi connectivity index (χ0n) is 42.7.